The molecule has 0 radical (unpaired) electrons. The maximum absolute atomic E-state index is 10.4. The Morgan fingerprint density at radius 1 is 1.24 bits per heavy atom. The quantitative estimate of drug-likeness (QED) is 0.352. The van der Waals surface area contributed by atoms with E-state index < -0.39 is 12.2 Å². The van der Waals surface area contributed by atoms with Gasteiger partial charge in [-0.15, -0.1) is 0 Å². The van der Waals surface area contributed by atoms with E-state index in [2.05, 4.69) is 51.4 Å². The third-order valence-electron chi connectivity index (χ3n) is 10.6. The molecule has 1 aromatic rings. The van der Waals surface area contributed by atoms with Gasteiger partial charge < -0.3 is 19.7 Å². The molecule has 0 saturated heterocycles. The average Bonchev–Trinajstić information content (AvgIpc) is 3.51. The highest BCUT2D eigenvalue weighted by atomic mass is 16.3. The summed E-state index contributed by atoms with van der Waals surface area (Å²) >= 11 is 0. The van der Waals surface area contributed by atoms with Crippen LogP contribution in [-0.2, 0) is 5.41 Å². The average molecular weight is 512 g/mol. The van der Waals surface area contributed by atoms with Crippen molar-refractivity contribution < 1.29 is 19.7 Å². The molecule has 3 N–H and O–H groups in total. The Kier molecular flexibility index (Phi) is 8.87. The minimum atomic E-state index is -0.633. The number of allylic oxidation sites excluding steroid dienone is 3. The summed E-state index contributed by atoms with van der Waals surface area (Å²) in [5.41, 5.74) is 4.17. The molecule has 0 spiro atoms. The number of nitrogens with zero attached hydrogens (tertiary/aromatic N) is 1. The third-order valence-corrected chi connectivity index (χ3v) is 10.6. The van der Waals surface area contributed by atoms with Crippen molar-refractivity contribution in [2.45, 2.75) is 110 Å². The highest BCUT2D eigenvalue weighted by Gasteiger charge is 2.50. The van der Waals surface area contributed by atoms with Crippen molar-refractivity contribution in [2.24, 2.45) is 29.1 Å². The van der Waals surface area contributed by atoms with Gasteiger partial charge in [0, 0.05) is 11.8 Å². The summed E-state index contributed by atoms with van der Waals surface area (Å²) < 4.78 is 5.28. The van der Waals surface area contributed by atoms with Crippen molar-refractivity contribution in [2.75, 3.05) is 6.61 Å². The van der Waals surface area contributed by atoms with Crippen LogP contribution in [0.2, 0.25) is 0 Å². The van der Waals surface area contributed by atoms with E-state index in [1.54, 1.807) is 11.8 Å². The molecular formula is C32H49NO4. The Morgan fingerprint density at radius 2 is 2.03 bits per heavy atom. The predicted octanol–water partition coefficient (Wildman–Crippen LogP) is 6.51. The number of aliphatic hydroxyl groups is 3. The summed E-state index contributed by atoms with van der Waals surface area (Å²) in [5, 5.41) is 30.7. The SMILES string of the molecule is C=C1/C(=C/C=C2/CCC[C@@]3(C)C2CC[C@@H]3C(C)CCC[C@](CO)(c2cocn2)C(C)C)C[C@@H](O)C[C@H]1O. The number of aliphatic hydroxyl groups excluding tert-OH is 3. The first-order chi connectivity index (χ1) is 17.6. The summed E-state index contributed by atoms with van der Waals surface area (Å²) in [6.07, 6.45) is 16.8. The Morgan fingerprint density at radius 3 is 2.70 bits per heavy atom. The van der Waals surface area contributed by atoms with Gasteiger partial charge in [0.25, 0.3) is 0 Å². The van der Waals surface area contributed by atoms with Crippen LogP contribution < -0.4 is 0 Å². The lowest BCUT2D eigenvalue weighted by molar-refractivity contribution is 0.0859. The lowest BCUT2D eigenvalue weighted by Gasteiger charge is -2.44. The maximum atomic E-state index is 10.4. The fraction of sp³-hybridized carbons (Fsp3) is 0.719. The molecular weight excluding hydrogens is 462 g/mol. The van der Waals surface area contributed by atoms with E-state index >= 15 is 0 Å². The zero-order valence-corrected chi connectivity index (χ0v) is 23.5. The molecule has 4 rings (SSSR count). The second-order valence-corrected chi connectivity index (χ2v) is 12.9. The number of fused-ring (bicyclic) bond motifs is 1. The number of hydrogen-bond donors (Lipinski definition) is 3. The van der Waals surface area contributed by atoms with Gasteiger partial charge >= 0.3 is 0 Å². The first-order valence-electron chi connectivity index (χ1n) is 14.6. The van der Waals surface area contributed by atoms with Crippen LogP contribution in [0.5, 0.6) is 0 Å². The molecule has 0 aromatic carbocycles. The lowest BCUT2D eigenvalue weighted by Crippen LogP contribution is -2.38. The largest absolute Gasteiger partial charge is 0.451 e. The fourth-order valence-corrected chi connectivity index (χ4v) is 8.13. The van der Waals surface area contributed by atoms with Crippen LogP contribution in [0.3, 0.4) is 0 Å². The van der Waals surface area contributed by atoms with Crippen molar-refractivity contribution in [1.82, 2.24) is 4.98 Å². The van der Waals surface area contributed by atoms with E-state index in [-0.39, 0.29) is 17.9 Å². The van der Waals surface area contributed by atoms with Gasteiger partial charge in [0.05, 0.1) is 24.5 Å². The zero-order valence-electron chi connectivity index (χ0n) is 23.5. The number of aromatic nitrogens is 1. The summed E-state index contributed by atoms with van der Waals surface area (Å²) in [6.45, 7) is 13.5. The van der Waals surface area contributed by atoms with Gasteiger partial charge in [-0.05, 0) is 85.2 Å². The van der Waals surface area contributed by atoms with E-state index in [9.17, 15) is 15.3 Å². The Labute approximate surface area is 223 Å². The topological polar surface area (TPSA) is 86.7 Å². The van der Waals surface area contributed by atoms with Crippen molar-refractivity contribution in [3.63, 3.8) is 0 Å². The highest BCUT2D eigenvalue weighted by Crippen LogP contribution is 2.60. The summed E-state index contributed by atoms with van der Waals surface area (Å²) in [7, 11) is 0. The van der Waals surface area contributed by atoms with E-state index in [0.29, 0.717) is 36.0 Å². The zero-order chi connectivity index (χ0) is 26.8. The minimum absolute atomic E-state index is 0.0962. The second kappa shape index (κ2) is 11.6. The Balaban J connectivity index is 1.43. The number of oxazole rings is 1. The molecule has 0 bridgehead atoms. The van der Waals surface area contributed by atoms with E-state index in [1.165, 1.54) is 32.1 Å². The molecule has 1 heterocycles. The van der Waals surface area contributed by atoms with E-state index in [1.807, 2.05) is 0 Å². The molecule has 5 nitrogen and oxygen atoms in total. The van der Waals surface area contributed by atoms with Crippen LogP contribution in [-0.4, -0.2) is 39.1 Å². The Bertz CT molecular complexity index is 979. The van der Waals surface area contributed by atoms with Crippen LogP contribution in [0.15, 0.2) is 52.5 Å². The van der Waals surface area contributed by atoms with Crippen molar-refractivity contribution in [1.29, 1.82) is 0 Å². The monoisotopic (exact) mass is 511 g/mol. The Hall–Kier alpha value is -1.69. The van der Waals surface area contributed by atoms with Crippen LogP contribution in [0, 0.1) is 29.1 Å². The van der Waals surface area contributed by atoms with Gasteiger partial charge in [-0.25, -0.2) is 4.98 Å². The van der Waals surface area contributed by atoms with Crippen LogP contribution >= 0.6 is 0 Å². The van der Waals surface area contributed by atoms with Crippen molar-refractivity contribution in [3.05, 3.63) is 53.8 Å². The molecule has 0 amide bonds. The van der Waals surface area contributed by atoms with Crippen molar-refractivity contribution >= 4 is 0 Å². The highest BCUT2D eigenvalue weighted by molar-refractivity contribution is 5.38. The number of hydrogen-bond acceptors (Lipinski definition) is 5. The second-order valence-electron chi connectivity index (χ2n) is 12.9. The number of rotatable bonds is 9. The lowest BCUT2D eigenvalue weighted by atomic mass is 9.60. The van der Waals surface area contributed by atoms with Gasteiger partial charge in [0.15, 0.2) is 6.39 Å². The van der Waals surface area contributed by atoms with Crippen LogP contribution in [0.4, 0.5) is 0 Å². The summed E-state index contributed by atoms with van der Waals surface area (Å²) in [4.78, 5) is 4.42. The van der Waals surface area contributed by atoms with Gasteiger partial charge in [0.1, 0.15) is 6.26 Å². The van der Waals surface area contributed by atoms with Crippen molar-refractivity contribution in [3.8, 4) is 0 Å². The maximum Gasteiger partial charge on any atom is 0.180 e. The van der Waals surface area contributed by atoms with Gasteiger partial charge in [0.2, 0.25) is 0 Å². The minimum Gasteiger partial charge on any atom is -0.451 e. The van der Waals surface area contributed by atoms with E-state index in [4.69, 9.17) is 4.42 Å². The normalized spacial score (nSPS) is 35.2. The first kappa shape index (κ1) is 28.3. The summed E-state index contributed by atoms with van der Waals surface area (Å²) in [5.74, 6) is 2.24. The molecule has 1 aromatic heterocycles. The summed E-state index contributed by atoms with van der Waals surface area (Å²) in [6, 6.07) is 0. The van der Waals surface area contributed by atoms with Crippen LogP contribution in [0.25, 0.3) is 0 Å². The molecule has 3 aliphatic carbocycles. The van der Waals surface area contributed by atoms with Crippen LogP contribution in [0.1, 0.15) is 97.6 Å². The first-order valence-corrected chi connectivity index (χ1v) is 14.6. The molecule has 0 aliphatic heterocycles. The molecule has 3 saturated carbocycles. The standard InChI is InChI=1S/C32H49NO4/c1-21(2)32(19-34,30-18-37-20-33-30)15-6-8-22(3)27-12-13-28-24(9-7-14-31(27,28)5)10-11-25-16-26(35)17-29(36)23(25)4/h10-11,18,20-22,26-29,34-36H,4,6-9,12-17,19H2,1-3,5H3/b24-10-,25-11+/t22?,26-,27-,28?,29-,31-,32-/m1/s1. The van der Waals surface area contributed by atoms with Gasteiger partial charge in [-0.1, -0.05) is 64.8 Å². The third kappa shape index (κ3) is 5.55. The van der Waals surface area contributed by atoms with E-state index in [0.717, 1.165) is 42.5 Å². The molecule has 3 aliphatic rings. The molecule has 3 fully saturated rings. The van der Waals surface area contributed by atoms with Gasteiger partial charge in [-0.2, -0.15) is 0 Å². The predicted molar refractivity (Wildman–Crippen MR) is 148 cm³/mol. The van der Waals surface area contributed by atoms with Gasteiger partial charge in [-0.3, -0.25) is 0 Å². The smallest absolute Gasteiger partial charge is 0.180 e. The molecule has 7 atom stereocenters. The molecule has 5 heteroatoms. The molecule has 37 heavy (non-hydrogen) atoms. The fourth-order valence-electron chi connectivity index (χ4n) is 8.13. The molecule has 206 valence electrons. The molecule has 2 unspecified atom stereocenters.